The second-order valence-corrected chi connectivity index (χ2v) is 17.3. The van der Waals surface area contributed by atoms with Gasteiger partial charge in [-0.25, -0.2) is 4.79 Å². The topological polar surface area (TPSA) is 155 Å². The van der Waals surface area contributed by atoms with E-state index < -0.39 is 60.4 Å². The lowest BCUT2D eigenvalue weighted by Gasteiger charge is -2.36. The Labute approximate surface area is 392 Å². The molecule has 0 saturated carbocycles. The number of likely N-dealkylation sites (tertiary alicyclic amines) is 1. The van der Waals surface area contributed by atoms with Crippen LogP contribution in [-0.4, -0.2) is 108 Å². The van der Waals surface area contributed by atoms with Gasteiger partial charge in [0.15, 0.2) is 0 Å². The van der Waals surface area contributed by atoms with E-state index in [-0.39, 0.29) is 37.9 Å². The Morgan fingerprint density at radius 2 is 1.09 bits per heavy atom. The Morgan fingerprint density at radius 1 is 0.597 bits per heavy atom. The van der Waals surface area contributed by atoms with Crippen LogP contribution in [0.4, 0.5) is 4.79 Å². The van der Waals surface area contributed by atoms with Crippen molar-refractivity contribution in [1.29, 1.82) is 0 Å². The molecule has 1 aliphatic heterocycles. The SMILES string of the molecule is C[C@H](NC(=O)[C@H](Cc1ccccc1)N(C)C(=O)[C@H](Cc1ccccc1)N(C)C(=O)C(CC(=O)OCc1ccccc1)NC(=O)OCC1c2ccccc2-c2ccccc21)C(=O)N1CCCCC1. The van der Waals surface area contributed by atoms with Crippen LogP contribution in [0.15, 0.2) is 140 Å². The third-order valence-electron chi connectivity index (χ3n) is 12.7. The van der Waals surface area contributed by atoms with E-state index in [1.54, 1.807) is 24.0 Å². The molecule has 5 amide bonds. The Morgan fingerprint density at radius 3 is 1.66 bits per heavy atom. The number of alkyl carbamates (subject to hydrolysis) is 1. The summed E-state index contributed by atoms with van der Waals surface area (Å²) in [6.45, 7) is 2.79. The van der Waals surface area contributed by atoms with E-state index in [1.807, 2.05) is 127 Å². The number of esters is 1. The highest BCUT2D eigenvalue weighted by atomic mass is 16.5. The molecule has 13 heteroatoms. The summed E-state index contributed by atoms with van der Waals surface area (Å²) < 4.78 is 11.4. The zero-order valence-corrected chi connectivity index (χ0v) is 38.3. The van der Waals surface area contributed by atoms with Crippen molar-refractivity contribution in [2.24, 2.45) is 0 Å². The zero-order valence-electron chi connectivity index (χ0n) is 38.3. The zero-order chi connectivity index (χ0) is 47.3. The minimum Gasteiger partial charge on any atom is -0.461 e. The van der Waals surface area contributed by atoms with Gasteiger partial charge in [0.25, 0.3) is 0 Å². The predicted molar refractivity (Wildman–Crippen MR) is 254 cm³/mol. The van der Waals surface area contributed by atoms with E-state index >= 15 is 4.79 Å². The lowest BCUT2D eigenvalue weighted by atomic mass is 9.98. The fourth-order valence-corrected chi connectivity index (χ4v) is 8.96. The van der Waals surface area contributed by atoms with Gasteiger partial charge in [0.2, 0.25) is 23.6 Å². The number of hydrogen-bond acceptors (Lipinski definition) is 8. The van der Waals surface area contributed by atoms with Crippen molar-refractivity contribution >= 4 is 35.7 Å². The molecule has 1 fully saturated rings. The Kier molecular flexibility index (Phi) is 16.2. The van der Waals surface area contributed by atoms with Gasteiger partial charge in [-0.1, -0.05) is 140 Å². The third kappa shape index (κ3) is 12.1. The van der Waals surface area contributed by atoms with Crippen LogP contribution in [0.25, 0.3) is 11.1 Å². The summed E-state index contributed by atoms with van der Waals surface area (Å²) >= 11 is 0. The summed E-state index contributed by atoms with van der Waals surface area (Å²) in [5, 5.41) is 5.52. The fraction of sp³-hybridized carbons (Fsp3) is 0.333. The van der Waals surface area contributed by atoms with E-state index in [2.05, 4.69) is 10.6 Å². The van der Waals surface area contributed by atoms with Crippen molar-refractivity contribution < 1.29 is 38.2 Å². The molecule has 67 heavy (non-hydrogen) atoms. The van der Waals surface area contributed by atoms with Gasteiger partial charge in [-0.05, 0) is 65.1 Å². The van der Waals surface area contributed by atoms with Crippen LogP contribution in [0.2, 0.25) is 0 Å². The maximum Gasteiger partial charge on any atom is 0.407 e. The van der Waals surface area contributed by atoms with Gasteiger partial charge in [0.05, 0.1) is 6.42 Å². The second kappa shape index (κ2) is 22.8. The summed E-state index contributed by atoms with van der Waals surface area (Å²) in [6, 6.07) is 38.6. The number of piperidine rings is 1. The molecular weight excluding hydrogens is 847 g/mol. The van der Waals surface area contributed by atoms with Crippen molar-refractivity contribution in [3.63, 3.8) is 0 Å². The molecule has 5 aromatic carbocycles. The lowest BCUT2D eigenvalue weighted by molar-refractivity contribution is -0.151. The van der Waals surface area contributed by atoms with Crippen LogP contribution in [0.5, 0.6) is 0 Å². The average Bonchev–Trinajstić information content (AvgIpc) is 3.69. The first-order valence-corrected chi connectivity index (χ1v) is 23.0. The van der Waals surface area contributed by atoms with Gasteiger partial charge < -0.3 is 34.8 Å². The molecule has 5 aromatic rings. The largest absolute Gasteiger partial charge is 0.461 e. The van der Waals surface area contributed by atoms with Gasteiger partial charge >= 0.3 is 12.1 Å². The van der Waals surface area contributed by atoms with Crippen LogP contribution in [0.3, 0.4) is 0 Å². The first-order chi connectivity index (χ1) is 32.5. The molecule has 348 valence electrons. The number of ether oxygens (including phenoxy) is 2. The molecule has 0 spiro atoms. The summed E-state index contributed by atoms with van der Waals surface area (Å²) in [6.07, 6.45) is 1.49. The first-order valence-electron chi connectivity index (χ1n) is 23.0. The van der Waals surface area contributed by atoms with E-state index in [0.717, 1.165) is 58.2 Å². The maximum absolute atomic E-state index is 15.0. The summed E-state index contributed by atoms with van der Waals surface area (Å²) in [5.41, 5.74) is 6.34. The third-order valence-corrected chi connectivity index (χ3v) is 12.7. The number of rotatable bonds is 18. The summed E-state index contributed by atoms with van der Waals surface area (Å²) in [5.74, 6) is -3.06. The number of benzene rings is 5. The van der Waals surface area contributed by atoms with Crippen molar-refractivity contribution in [2.45, 2.75) is 82.1 Å². The smallest absolute Gasteiger partial charge is 0.407 e. The van der Waals surface area contributed by atoms with Crippen molar-refractivity contribution in [1.82, 2.24) is 25.3 Å². The van der Waals surface area contributed by atoms with E-state index in [1.165, 1.54) is 23.9 Å². The number of carbonyl (C=O) groups excluding carboxylic acids is 6. The highest BCUT2D eigenvalue weighted by Crippen LogP contribution is 2.44. The van der Waals surface area contributed by atoms with Gasteiger partial charge in [-0.2, -0.15) is 0 Å². The van der Waals surface area contributed by atoms with Crippen molar-refractivity contribution in [3.8, 4) is 11.1 Å². The molecule has 7 rings (SSSR count). The Hall–Kier alpha value is -7.28. The molecule has 1 heterocycles. The minimum atomic E-state index is -1.51. The molecule has 2 N–H and O–H groups in total. The Bertz CT molecular complexity index is 2450. The minimum absolute atomic E-state index is 0.0336. The number of hydrogen-bond donors (Lipinski definition) is 2. The van der Waals surface area contributed by atoms with Gasteiger partial charge in [-0.15, -0.1) is 0 Å². The van der Waals surface area contributed by atoms with Crippen molar-refractivity contribution in [3.05, 3.63) is 167 Å². The molecule has 1 saturated heterocycles. The van der Waals surface area contributed by atoms with E-state index in [4.69, 9.17) is 9.47 Å². The highest BCUT2D eigenvalue weighted by molar-refractivity contribution is 5.96. The van der Waals surface area contributed by atoms with Crippen LogP contribution >= 0.6 is 0 Å². The van der Waals surface area contributed by atoms with Crippen LogP contribution in [-0.2, 0) is 52.9 Å². The standard InChI is InChI=1S/C54H59N5O8/c1-37(51(62)59-30-18-7-19-31-59)55-50(61)47(32-38-20-8-4-9-21-38)57(2)53(64)48(33-39-22-10-5-11-23-39)58(3)52(63)46(34-49(60)66-35-40-24-12-6-13-25-40)56-54(65)67-36-45-43-28-16-14-26-41(43)42-27-15-17-29-44(42)45/h4-6,8-17,20-29,37,45-48H,7,18-19,30-36H2,1-3H3,(H,55,61)(H,56,65)/t37-,46?,47-,48-/m0/s1. The summed E-state index contributed by atoms with van der Waals surface area (Å²) in [7, 11) is 2.95. The van der Waals surface area contributed by atoms with Crippen LogP contribution in [0.1, 0.15) is 66.3 Å². The molecule has 0 radical (unpaired) electrons. The quantitative estimate of drug-likeness (QED) is 0.0924. The first kappa shape index (κ1) is 47.7. The predicted octanol–water partition coefficient (Wildman–Crippen LogP) is 6.68. The highest BCUT2D eigenvalue weighted by Gasteiger charge is 2.39. The molecule has 0 aromatic heterocycles. The Balaban J connectivity index is 1.13. The van der Waals surface area contributed by atoms with Gasteiger partial charge in [-0.3, -0.25) is 24.0 Å². The number of carbonyl (C=O) groups is 6. The van der Waals surface area contributed by atoms with Gasteiger partial charge in [0.1, 0.15) is 37.4 Å². The molecule has 0 bridgehead atoms. The lowest BCUT2D eigenvalue weighted by Crippen LogP contribution is -2.60. The fourth-order valence-electron chi connectivity index (χ4n) is 8.96. The average molecular weight is 906 g/mol. The number of nitrogens with one attached hydrogen (secondary N) is 2. The number of fused-ring (bicyclic) bond motifs is 3. The summed E-state index contributed by atoms with van der Waals surface area (Å²) in [4.78, 5) is 89.3. The molecule has 1 unspecified atom stereocenters. The van der Waals surface area contributed by atoms with Gasteiger partial charge in [0, 0.05) is 45.9 Å². The van der Waals surface area contributed by atoms with Crippen LogP contribution < -0.4 is 10.6 Å². The molecule has 2 aliphatic rings. The number of nitrogens with zero attached hydrogens (tertiary/aromatic N) is 3. The van der Waals surface area contributed by atoms with E-state index in [0.29, 0.717) is 13.1 Å². The number of amides is 5. The maximum atomic E-state index is 15.0. The number of likely N-dealkylation sites (N-methyl/N-ethyl adjacent to an activating group) is 2. The normalized spacial score (nSPS) is 14.8. The molecular formula is C54H59N5O8. The molecule has 4 atom stereocenters. The van der Waals surface area contributed by atoms with Crippen LogP contribution in [0, 0.1) is 0 Å². The molecule has 1 aliphatic carbocycles. The van der Waals surface area contributed by atoms with E-state index in [9.17, 15) is 24.0 Å². The molecule has 13 nitrogen and oxygen atoms in total. The van der Waals surface area contributed by atoms with Crippen molar-refractivity contribution in [2.75, 3.05) is 33.8 Å². The monoisotopic (exact) mass is 905 g/mol. The second-order valence-electron chi connectivity index (χ2n) is 17.3.